The highest BCUT2D eigenvalue weighted by molar-refractivity contribution is 5.92. The van der Waals surface area contributed by atoms with Crippen molar-refractivity contribution in [3.05, 3.63) is 60.6 Å². The van der Waals surface area contributed by atoms with Gasteiger partial charge >= 0.3 is 0 Å². The van der Waals surface area contributed by atoms with E-state index in [2.05, 4.69) is 20.3 Å². The summed E-state index contributed by atoms with van der Waals surface area (Å²) in [5.74, 6) is 0.847. The zero-order valence-electron chi connectivity index (χ0n) is 12.6. The van der Waals surface area contributed by atoms with Crippen LogP contribution in [0, 0.1) is 0 Å². The van der Waals surface area contributed by atoms with E-state index in [0.717, 1.165) is 33.6 Å². The SMILES string of the molecule is COc1ccc(Cn2cc(-c3c[nH]c4ncccc34)nn2)cc1. The van der Waals surface area contributed by atoms with Crippen LogP contribution >= 0.6 is 0 Å². The van der Waals surface area contributed by atoms with Gasteiger partial charge in [-0.2, -0.15) is 0 Å². The molecule has 0 bridgehead atoms. The van der Waals surface area contributed by atoms with E-state index < -0.39 is 0 Å². The van der Waals surface area contributed by atoms with E-state index >= 15 is 0 Å². The third-order valence-electron chi connectivity index (χ3n) is 3.77. The molecule has 0 saturated heterocycles. The number of rotatable bonds is 4. The van der Waals surface area contributed by atoms with Crippen LogP contribution in [-0.2, 0) is 6.54 Å². The molecule has 4 aromatic rings. The number of hydrogen-bond acceptors (Lipinski definition) is 4. The smallest absolute Gasteiger partial charge is 0.137 e. The van der Waals surface area contributed by atoms with Gasteiger partial charge in [0.05, 0.1) is 19.9 Å². The van der Waals surface area contributed by atoms with Gasteiger partial charge in [-0.05, 0) is 29.8 Å². The maximum atomic E-state index is 5.17. The predicted octanol–water partition coefficient (Wildman–Crippen LogP) is 2.88. The molecule has 114 valence electrons. The van der Waals surface area contributed by atoms with E-state index in [-0.39, 0.29) is 0 Å². The van der Waals surface area contributed by atoms with Gasteiger partial charge in [-0.3, -0.25) is 0 Å². The summed E-state index contributed by atoms with van der Waals surface area (Å²) in [6, 6.07) is 11.9. The second kappa shape index (κ2) is 5.57. The third-order valence-corrected chi connectivity index (χ3v) is 3.77. The summed E-state index contributed by atoms with van der Waals surface area (Å²) in [4.78, 5) is 7.45. The van der Waals surface area contributed by atoms with Crippen molar-refractivity contribution in [3.8, 4) is 17.0 Å². The Labute approximate surface area is 132 Å². The zero-order chi connectivity index (χ0) is 15.6. The molecule has 6 heteroatoms. The maximum Gasteiger partial charge on any atom is 0.137 e. The summed E-state index contributed by atoms with van der Waals surface area (Å²) in [5, 5.41) is 9.54. The van der Waals surface area contributed by atoms with Crippen LogP contribution in [0.1, 0.15) is 5.56 Å². The number of aromatic amines is 1. The Kier molecular flexibility index (Phi) is 3.27. The van der Waals surface area contributed by atoms with E-state index in [0.29, 0.717) is 6.54 Å². The molecule has 0 fully saturated rings. The van der Waals surface area contributed by atoms with Crippen molar-refractivity contribution in [1.82, 2.24) is 25.0 Å². The lowest BCUT2D eigenvalue weighted by molar-refractivity contribution is 0.414. The van der Waals surface area contributed by atoms with Gasteiger partial charge in [0.1, 0.15) is 17.1 Å². The number of nitrogens with zero attached hydrogens (tertiary/aromatic N) is 4. The summed E-state index contributed by atoms with van der Waals surface area (Å²) in [5.41, 5.74) is 3.84. The topological polar surface area (TPSA) is 68.6 Å². The molecule has 23 heavy (non-hydrogen) atoms. The first-order valence-electron chi connectivity index (χ1n) is 7.29. The van der Waals surface area contributed by atoms with Gasteiger partial charge in [-0.25, -0.2) is 9.67 Å². The Morgan fingerprint density at radius 3 is 2.87 bits per heavy atom. The van der Waals surface area contributed by atoms with Crippen molar-refractivity contribution < 1.29 is 4.74 Å². The third kappa shape index (κ3) is 2.55. The molecule has 0 radical (unpaired) electrons. The van der Waals surface area contributed by atoms with E-state index in [1.54, 1.807) is 13.3 Å². The number of fused-ring (bicyclic) bond motifs is 1. The van der Waals surface area contributed by atoms with Crippen molar-refractivity contribution in [3.63, 3.8) is 0 Å². The summed E-state index contributed by atoms with van der Waals surface area (Å²) in [6.07, 6.45) is 5.63. The number of benzene rings is 1. The number of methoxy groups -OCH3 is 1. The number of nitrogens with one attached hydrogen (secondary N) is 1. The number of hydrogen-bond donors (Lipinski definition) is 1. The van der Waals surface area contributed by atoms with Crippen LogP contribution in [0.15, 0.2) is 55.0 Å². The van der Waals surface area contributed by atoms with Gasteiger partial charge in [0.15, 0.2) is 0 Å². The Bertz CT molecular complexity index is 939. The van der Waals surface area contributed by atoms with Crippen molar-refractivity contribution in [1.29, 1.82) is 0 Å². The molecule has 0 aliphatic heterocycles. The van der Waals surface area contributed by atoms with E-state index in [4.69, 9.17) is 4.74 Å². The van der Waals surface area contributed by atoms with Gasteiger partial charge in [0.25, 0.3) is 0 Å². The summed E-state index contributed by atoms with van der Waals surface area (Å²) in [7, 11) is 1.66. The lowest BCUT2D eigenvalue weighted by atomic mass is 10.2. The fourth-order valence-electron chi connectivity index (χ4n) is 2.58. The standard InChI is InChI=1S/C17H15N5O/c1-23-13-6-4-12(5-7-13)10-22-11-16(20-21-22)15-9-19-17-14(15)3-2-8-18-17/h2-9,11H,10H2,1H3,(H,18,19). The van der Waals surface area contributed by atoms with Crippen LogP contribution in [0.25, 0.3) is 22.3 Å². The second-order valence-electron chi connectivity index (χ2n) is 5.25. The average Bonchev–Trinajstić information content (AvgIpc) is 3.22. The van der Waals surface area contributed by atoms with E-state index in [1.807, 2.05) is 53.5 Å². The summed E-state index contributed by atoms with van der Waals surface area (Å²) < 4.78 is 6.99. The number of H-pyrrole nitrogens is 1. The van der Waals surface area contributed by atoms with Crippen LogP contribution in [0.3, 0.4) is 0 Å². The van der Waals surface area contributed by atoms with Crippen molar-refractivity contribution in [2.45, 2.75) is 6.54 Å². The zero-order valence-corrected chi connectivity index (χ0v) is 12.6. The number of ether oxygens (including phenoxy) is 1. The average molecular weight is 305 g/mol. The molecule has 3 aromatic heterocycles. The minimum absolute atomic E-state index is 0.664. The van der Waals surface area contributed by atoms with Gasteiger partial charge in [-0.1, -0.05) is 17.3 Å². The molecule has 0 aliphatic rings. The quantitative estimate of drug-likeness (QED) is 0.629. The Morgan fingerprint density at radius 1 is 1.17 bits per heavy atom. The van der Waals surface area contributed by atoms with Crippen molar-refractivity contribution in [2.24, 2.45) is 0 Å². The number of aromatic nitrogens is 5. The molecule has 4 rings (SSSR count). The molecular weight excluding hydrogens is 290 g/mol. The van der Waals surface area contributed by atoms with Gasteiger partial charge in [-0.15, -0.1) is 5.10 Å². The first kappa shape index (κ1) is 13.5. The molecule has 0 spiro atoms. The highest BCUT2D eigenvalue weighted by Gasteiger charge is 2.10. The highest BCUT2D eigenvalue weighted by Crippen LogP contribution is 2.25. The van der Waals surface area contributed by atoms with Crippen molar-refractivity contribution in [2.75, 3.05) is 7.11 Å². The van der Waals surface area contributed by atoms with Crippen LogP contribution in [0.4, 0.5) is 0 Å². The summed E-state index contributed by atoms with van der Waals surface area (Å²) >= 11 is 0. The molecule has 0 saturated carbocycles. The first-order valence-corrected chi connectivity index (χ1v) is 7.29. The molecule has 1 aromatic carbocycles. The monoisotopic (exact) mass is 305 g/mol. The minimum Gasteiger partial charge on any atom is -0.497 e. The van der Waals surface area contributed by atoms with Crippen LogP contribution in [-0.4, -0.2) is 32.1 Å². The molecule has 3 heterocycles. The lowest BCUT2D eigenvalue weighted by Crippen LogP contribution is -2.00. The number of pyridine rings is 1. The highest BCUT2D eigenvalue weighted by atomic mass is 16.5. The summed E-state index contributed by atoms with van der Waals surface area (Å²) in [6.45, 7) is 0.664. The second-order valence-corrected chi connectivity index (χ2v) is 5.25. The maximum absolute atomic E-state index is 5.17. The molecular formula is C17H15N5O. The molecule has 1 N–H and O–H groups in total. The van der Waals surface area contributed by atoms with Gasteiger partial charge < -0.3 is 9.72 Å². The lowest BCUT2D eigenvalue weighted by Gasteiger charge is -2.02. The fraction of sp³-hybridized carbons (Fsp3) is 0.118. The van der Waals surface area contributed by atoms with Gasteiger partial charge in [0.2, 0.25) is 0 Å². The Hall–Kier alpha value is -3.15. The van der Waals surface area contributed by atoms with E-state index in [9.17, 15) is 0 Å². The Balaban J connectivity index is 1.61. The predicted molar refractivity (Wildman–Crippen MR) is 87.2 cm³/mol. The van der Waals surface area contributed by atoms with Crippen molar-refractivity contribution >= 4 is 11.0 Å². The first-order chi connectivity index (χ1) is 11.3. The van der Waals surface area contributed by atoms with Crippen LogP contribution in [0.2, 0.25) is 0 Å². The normalized spacial score (nSPS) is 11.0. The van der Waals surface area contributed by atoms with Gasteiger partial charge in [0, 0.05) is 23.3 Å². The largest absolute Gasteiger partial charge is 0.497 e. The molecule has 0 aliphatic carbocycles. The van der Waals surface area contributed by atoms with Crippen LogP contribution < -0.4 is 4.74 Å². The van der Waals surface area contributed by atoms with E-state index in [1.165, 1.54) is 0 Å². The Morgan fingerprint density at radius 2 is 2.04 bits per heavy atom. The molecule has 6 nitrogen and oxygen atoms in total. The molecule has 0 amide bonds. The van der Waals surface area contributed by atoms with Crippen LogP contribution in [0.5, 0.6) is 5.75 Å². The molecule has 0 atom stereocenters. The molecule has 0 unspecified atom stereocenters. The fourth-order valence-corrected chi connectivity index (χ4v) is 2.58. The minimum atomic E-state index is 0.664.